The molecule has 0 aliphatic heterocycles. The Balaban J connectivity index is 2.01. The van der Waals surface area contributed by atoms with Crippen molar-refractivity contribution in [3.8, 4) is 0 Å². The SMILES string of the molecule is CN(C(=O)c1cccc(C(=N)N)c1)c1nc2ccccc2c(=O)s1. The molecule has 2 aromatic carbocycles. The highest BCUT2D eigenvalue weighted by atomic mass is 32.1. The quantitative estimate of drug-likeness (QED) is 0.565. The topological polar surface area (TPSA) is 100 Å². The molecule has 0 unspecified atom stereocenters. The zero-order valence-corrected chi connectivity index (χ0v) is 13.6. The average molecular weight is 338 g/mol. The van der Waals surface area contributed by atoms with E-state index in [0.29, 0.717) is 27.2 Å². The first-order chi connectivity index (χ1) is 11.5. The fourth-order valence-electron chi connectivity index (χ4n) is 2.25. The molecule has 0 aliphatic rings. The van der Waals surface area contributed by atoms with E-state index in [1.165, 1.54) is 4.90 Å². The number of rotatable bonds is 3. The Morgan fingerprint density at radius 1 is 1.17 bits per heavy atom. The monoisotopic (exact) mass is 338 g/mol. The minimum absolute atomic E-state index is 0.110. The van der Waals surface area contributed by atoms with Gasteiger partial charge in [-0.25, -0.2) is 4.98 Å². The van der Waals surface area contributed by atoms with Crippen molar-refractivity contribution in [3.05, 3.63) is 69.2 Å². The number of para-hydroxylation sites is 1. The third-order valence-electron chi connectivity index (χ3n) is 3.54. The number of carbonyl (C=O) groups excluding carboxylic acids is 1. The van der Waals surface area contributed by atoms with Gasteiger partial charge >= 0.3 is 0 Å². The van der Waals surface area contributed by atoms with Crippen LogP contribution >= 0.6 is 11.3 Å². The van der Waals surface area contributed by atoms with Crippen LogP contribution in [0, 0.1) is 5.41 Å². The molecule has 6 nitrogen and oxygen atoms in total. The molecule has 3 N–H and O–H groups in total. The van der Waals surface area contributed by atoms with Crippen molar-refractivity contribution in [2.45, 2.75) is 0 Å². The Labute approximate surface area is 141 Å². The number of aromatic nitrogens is 1. The maximum Gasteiger partial charge on any atom is 0.259 e. The van der Waals surface area contributed by atoms with E-state index >= 15 is 0 Å². The summed E-state index contributed by atoms with van der Waals surface area (Å²) < 4.78 is -0.146. The average Bonchev–Trinajstić information content (AvgIpc) is 2.60. The maximum absolute atomic E-state index is 12.6. The van der Waals surface area contributed by atoms with Crippen LogP contribution in [-0.2, 0) is 0 Å². The van der Waals surface area contributed by atoms with Gasteiger partial charge in [-0.2, -0.15) is 0 Å². The van der Waals surface area contributed by atoms with Crippen molar-refractivity contribution < 1.29 is 4.79 Å². The van der Waals surface area contributed by atoms with Gasteiger partial charge in [0.1, 0.15) is 5.84 Å². The van der Waals surface area contributed by atoms with Gasteiger partial charge in [0, 0.05) is 18.2 Å². The van der Waals surface area contributed by atoms with Gasteiger partial charge < -0.3 is 5.73 Å². The zero-order chi connectivity index (χ0) is 17.3. The van der Waals surface area contributed by atoms with Gasteiger partial charge in [0.05, 0.1) is 10.9 Å². The zero-order valence-electron chi connectivity index (χ0n) is 12.8. The van der Waals surface area contributed by atoms with Crippen molar-refractivity contribution >= 4 is 39.1 Å². The summed E-state index contributed by atoms with van der Waals surface area (Å²) in [5.74, 6) is -0.433. The van der Waals surface area contributed by atoms with E-state index in [9.17, 15) is 9.59 Å². The molecule has 0 fully saturated rings. The second kappa shape index (κ2) is 6.21. The van der Waals surface area contributed by atoms with Gasteiger partial charge in [-0.3, -0.25) is 19.9 Å². The molecule has 1 aromatic heterocycles. The Kier molecular flexibility index (Phi) is 4.09. The van der Waals surface area contributed by atoms with E-state index in [1.807, 2.05) is 0 Å². The second-order valence-corrected chi connectivity index (χ2v) is 6.10. The van der Waals surface area contributed by atoms with Crippen LogP contribution in [0.15, 0.2) is 53.3 Å². The van der Waals surface area contributed by atoms with Crippen LogP contribution in [0.5, 0.6) is 0 Å². The summed E-state index contributed by atoms with van der Waals surface area (Å²) in [4.78, 5) is 30.6. The van der Waals surface area contributed by atoms with E-state index in [2.05, 4.69) is 4.98 Å². The first-order valence-electron chi connectivity index (χ1n) is 7.10. The molecule has 3 rings (SSSR count). The summed E-state index contributed by atoms with van der Waals surface area (Å²) in [5, 5.41) is 8.31. The summed E-state index contributed by atoms with van der Waals surface area (Å²) in [5.41, 5.74) is 6.85. The highest BCUT2D eigenvalue weighted by Gasteiger charge is 2.17. The van der Waals surface area contributed by atoms with Crippen molar-refractivity contribution in [1.29, 1.82) is 5.41 Å². The molecule has 0 spiro atoms. The number of benzene rings is 2. The molecular weight excluding hydrogens is 324 g/mol. The predicted octanol–water partition coefficient (Wildman–Crippen LogP) is 2.22. The van der Waals surface area contributed by atoms with E-state index in [4.69, 9.17) is 11.1 Å². The standard InChI is InChI=1S/C17H14N4O2S/c1-21(15(22)11-6-4-5-10(9-11)14(18)19)17-20-13-8-3-2-7-12(13)16(23)24-17/h2-9H,1H3,(H3,18,19). The smallest absolute Gasteiger partial charge is 0.259 e. The van der Waals surface area contributed by atoms with E-state index < -0.39 is 0 Å². The van der Waals surface area contributed by atoms with Gasteiger partial charge in [-0.05, 0) is 24.3 Å². The third kappa shape index (κ3) is 2.89. The fourth-order valence-corrected chi connectivity index (χ4v) is 3.06. The lowest BCUT2D eigenvalue weighted by Crippen LogP contribution is -2.27. The number of amides is 1. The highest BCUT2D eigenvalue weighted by molar-refractivity contribution is 7.13. The highest BCUT2D eigenvalue weighted by Crippen LogP contribution is 2.20. The van der Waals surface area contributed by atoms with E-state index in [0.717, 1.165) is 11.3 Å². The molecule has 0 saturated heterocycles. The number of nitrogen functional groups attached to an aromatic ring is 1. The molecule has 3 aromatic rings. The van der Waals surface area contributed by atoms with Crippen LogP contribution in [-0.4, -0.2) is 23.8 Å². The molecule has 7 heteroatoms. The van der Waals surface area contributed by atoms with Gasteiger partial charge in [0.25, 0.3) is 5.91 Å². The molecule has 24 heavy (non-hydrogen) atoms. The third-order valence-corrected chi connectivity index (χ3v) is 4.49. The summed E-state index contributed by atoms with van der Waals surface area (Å²) in [6, 6.07) is 13.5. The Bertz CT molecular complexity index is 1010. The van der Waals surface area contributed by atoms with E-state index in [1.54, 1.807) is 55.6 Å². The molecule has 0 aliphatic carbocycles. The second-order valence-electron chi connectivity index (χ2n) is 5.16. The number of nitrogens with two attached hydrogens (primary N) is 1. The van der Waals surface area contributed by atoms with E-state index in [-0.39, 0.29) is 16.5 Å². The summed E-state index contributed by atoms with van der Waals surface area (Å²) in [7, 11) is 1.57. The van der Waals surface area contributed by atoms with Crippen LogP contribution in [0.4, 0.5) is 5.13 Å². The van der Waals surface area contributed by atoms with Gasteiger partial charge in [-0.1, -0.05) is 35.6 Å². The predicted molar refractivity (Wildman–Crippen MR) is 96.1 cm³/mol. The van der Waals surface area contributed by atoms with Crippen LogP contribution in [0.2, 0.25) is 0 Å². The number of fused-ring (bicyclic) bond motifs is 1. The molecule has 120 valence electrons. The lowest BCUT2D eigenvalue weighted by Gasteiger charge is -2.16. The Morgan fingerprint density at radius 3 is 2.62 bits per heavy atom. The van der Waals surface area contributed by atoms with Crippen LogP contribution in [0.3, 0.4) is 0 Å². The Morgan fingerprint density at radius 2 is 1.88 bits per heavy atom. The lowest BCUT2D eigenvalue weighted by atomic mass is 10.1. The van der Waals surface area contributed by atoms with Crippen molar-refractivity contribution in [2.24, 2.45) is 5.73 Å². The van der Waals surface area contributed by atoms with Gasteiger partial charge in [0.2, 0.25) is 4.74 Å². The summed E-state index contributed by atoms with van der Waals surface area (Å²) in [6.45, 7) is 0. The number of hydrogen-bond donors (Lipinski definition) is 2. The normalized spacial score (nSPS) is 10.5. The molecular formula is C17H14N4O2S. The molecule has 1 heterocycles. The summed E-state index contributed by atoms with van der Waals surface area (Å²) >= 11 is 0.920. The minimum atomic E-state index is -0.323. The van der Waals surface area contributed by atoms with Crippen LogP contribution < -0.4 is 15.4 Å². The number of nitrogens with zero attached hydrogens (tertiary/aromatic N) is 2. The number of anilines is 1. The van der Waals surface area contributed by atoms with Crippen molar-refractivity contribution in [3.63, 3.8) is 0 Å². The van der Waals surface area contributed by atoms with Crippen molar-refractivity contribution in [2.75, 3.05) is 11.9 Å². The minimum Gasteiger partial charge on any atom is -0.384 e. The van der Waals surface area contributed by atoms with Gasteiger partial charge in [-0.15, -0.1) is 0 Å². The number of amidine groups is 1. The lowest BCUT2D eigenvalue weighted by molar-refractivity contribution is 0.0993. The first kappa shape index (κ1) is 15.8. The number of nitrogens with one attached hydrogen (secondary N) is 1. The number of hydrogen-bond acceptors (Lipinski definition) is 5. The number of carbonyl (C=O) groups is 1. The molecule has 0 atom stereocenters. The van der Waals surface area contributed by atoms with Crippen LogP contribution in [0.25, 0.3) is 10.9 Å². The molecule has 0 radical (unpaired) electrons. The molecule has 0 saturated carbocycles. The Hall–Kier alpha value is -3.06. The van der Waals surface area contributed by atoms with Gasteiger partial charge in [0.15, 0.2) is 5.13 Å². The molecule has 1 amide bonds. The molecule has 0 bridgehead atoms. The first-order valence-corrected chi connectivity index (χ1v) is 7.91. The maximum atomic E-state index is 12.6. The fraction of sp³-hybridized carbons (Fsp3) is 0.0588. The van der Waals surface area contributed by atoms with Crippen LogP contribution in [0.1, 0.15) is 15.9 Å². The largest absolute Gasteiger partial charge is 0.384 e. The summed E-state index contributed by atoms with van der Waals surface area (Å²) in [6.07, 6.45) is 0. The van der Waals surface area contributed by atoms with Crippen molar-refractivity contribution in [1.82, 2.24) is 4.98 Å².